The molecule has 0 atom stereocenters. The number of amides is 2. The third-order valence-electron chi connectivity index (χ3n) is 3.49. The smallest absolute Gasteiger partial charge is 0.315 e. The molecule has 2 amide bonds. The number of fused-ring (bicyclic) bond motifs is 1. The lowest BCUT2D eigenvalue weighted by molar-refractivity contribution is 0.205. The SMILES string of the molecule is NC(=O)N1CCCn2cnc(CNc3ncccn3)c2C1. The lowest BCUT2D eigenvalue weighted by atomic mass is 10.3. The number of nitrogens with zero attached hydrogens (tertiary/aromatic N) is 5. The largest absolute Gasteiger partial charge is 0.351 e. The molecule has 3 rings (SSSR count). The van der Waals surface area contributed by atoms with Gasteiger partial charge in [0.05, 0.1) is 30.8 Å². The Kier molecular flexibility index (Phi) is 3.67. The molecule has 8 heteroatoms. The number of carbonyl (C=O) groups is 1. The number of aromatic nitrogens is 4. The van der Waals surface area contributed by atoms with E-state index in [1.165, 1.54) is 0 Å². The molecule has 110 valence electrons. The highest BCUT2D eigenvalue weighted by atomic mass is 16.2. The van der Waals surface area contributed by atoms with Gasteiger partial charge in [-0.25, -0.2) is 19.7 Å². The number of carbonyl (C=O) groups excluding carboxylic acids is 1. The number of imidazole rings is 1. The highest BCUT2D eigenvalue weighted by Crippen LogP contribution is 2.16. The van der Waals surface area contributed by atoms with Crippen LogP contribution >= 0.6 is 0 Å². The van der Waals surface area contributed by atoms with E-state index in [1.807, 2.05) is 6.33 Å². The van der Waals surface area contributed by atoms with Crippen molar-refractivity contribution in [3.8, 4) is 0 Å². The van der Waals surface area contributed by atoms with Crippen molar-refractivity contribution >= 4 is 12.0 Å². The van der Waals surface area contributed by atoms with Gasteiger partial charge in [-0.2, -0.15) is 0 Å². The number of primary amides is 1. The normalized spacial score (nSPS) is 14.4. The molecular weight excluding hydrogens is 270 g/mol. The second kappa shape index (κ2) is 5.78. The molecule has 0 unspecified atom stereocenters. The molecule has 8 nitrogen and oxygen atoms in total. The van der Waals surface area contributed by atoms with Gasteiger partial charge in [-0.1, -0.05) is 0 Å². The Morgan fingerprint density at radius 2 is 2.10 bits per heavy atom. The summed E-state index contributed by atoms with van der Waals surface area (Å²) in [7, 11) is 0. The lowest BCUT2D eigenvalue weighted by Crippen LogP contribution is -2.35. The van der Waals surface area contributed by atoms with Gasteiger partial charge in [0.25, 0.3) is 0 Å². The highest BCUT2D eigenvalue weighted by molar-refractivity contribution is 5.72. The van der Waals surface area contributed by atoms with E-state index in [0.29, 0.717) is 25.6 Å². The molecule has 21 heavy (non-hydrogen) atoms. The van der Waals surface area contributed by atoms with Gasteiger partial charge in [-0.3, -0.25) is 0 Å². The Hall–Kier alpha value is -2.64. The van der Waals surface area contributed by atoms with E-state index < -0.39 is 6.03 Å². The maximum atomic E-state index is 11.4. The molecule has 0 saturated heterocycles. The van der Waals surface area contributed by atoms with Gasteiger partial charge in [0.15, 0.2) is 0 Å². The van der Waals surface area contributed by atoms with Crippen LogP contribution in [0.4, 0.5) is 10.7 Å². The second-order valence-corrected chi connectivity index (χ2v) is 4.87. The second-order valence-electron chi connectivity index (χ2n) is 4.87. The van der Waals surface area contributed by atoms with Crippen LogP contribution in [0.2, 0.25) is 0 Å². The number of urea groups is 1. The predicted molar refractivity (Wildman–Crippen MR) is 76.2 cm³/mol. The molecular formula is C13H17N7O. The maximum absolute atomic E-state index is 11.4. The summed E-state index contributed by atoms with van der Waals surface area (Å²) in [6.07, 6.45) is 6.04. The Bertz CT molecular complexity index is 625. The molecule has 2 aromatic heterocycles. The first-order valence-corrected chi connectivity index (χ1v) is 6.82. The number of nitrogens with one attached hydrogen (secondary N) is 1. The number of nitrogens with two attached hydrogens (primary N) is 1. The van der Waals surface area contributed by atoms with Crippen LogP contribution in [0.15, 0.2) is 24.8 Å². The zero-order valence-corrected chi connectivity index (χ0v) is 11.6. The van der Waals surface area contributed by atoms with Crippen molar-refractivity contribution in [1.29, 1.82) is 0 Å². The van der Waals surface area contributed by atoms with Crippen molar-refractivity contribution in [2.45, 2.75) is 26.1 Å². The first-order chi connectivity index (χ1) is 10.2. The van der Waals surface area contributed by atoms with Crippen LogP contribution in [-0.2, 0) is 19.6 Å². The molecule has 3 N–H and O–H groups in total. The van der Waals surface area contributed by atoms with Crippen LogP contribution in [-0.4, -0.2) is 37.0 Å². The Labute approximate surface area is 122 Å². The fourth-order valence-electron chi connectivity index (χ4n) is 2.40. The van der Waals surface area contributed by atoms with E-state index in [-0.39, 0.29) is 0 Å². The predicted octanol–water partition coefficient (Wildman–Crippen LogP) is 0.570. The fraction of sp³-hybridized carbons (Fsp3) is 0.385. The number of aryl methyl sites for hydroxylation is 1. The molecule has 0 saturated carbocycles. The molecule has 0 fully saturated rings. The number of anilines is 1. The molecule has 2 aromatic rings. The molecule has 0 aliphatic carbocycles. The fourth-order valence-corrected chi connectivity index (χ4v) is 2.40. The molecule has 0 spiro atoms. The minimum absolute atomic E-state index is 0.394. The first kappa shape index (κ1) is 13.3. The average Bonchev–Trinajstić information content (AvgIpc) is 2.74. The molecule has 1 aliphatic heterocycles. The summed E-state index contributed by atoms with van der Waals surface area (Å²) >= 11 is 0. The molecule has 0 aromatic carbocycles. The van der Waals surface area contributed by atoms with Crippen molar-refractivity contribution in [2.75, 3.05) is 11.9 Å². The van der Waals surface area contributed by atoms with Crippen molar-refractivity contribution in [2.24, 2.45) is 5.73 Å². The van der Waals surface area contributed by atoms with Crippen molar-refractivity contribution < 1.29 is 4.79 Å². The third kappa shape index (κ3) is 2.93. The quantitative estimate of drug-likeness (QED) is 0.859. The van der Waals surface area contributed by atoms with Crippen LogP contribution in [0.3, 0.4) is 0 Å². The zero-order chi connectivity index (χ0) is 14.7. The van der Waals surface area contributed by atoms with Gasteiger partial charge < -0.3 is 20.5 Å². The van der Waals surface area contributed by atoms with E-state index in [1.54, 1.807) is 23.4 Å². The Balaban J connectivity index is 1.75. The number of rotatable bonds is 3. The van der Waals surface area contributed by atoms with Crippen LogP contribution in [0.1, 0.15) is 17.8 Å². The van der Waals surface area contributed by atoms with E-state index >= 15 is 0 Å². The van der Waals surface area contributed by atoms with Gasteiger partial charge in [-0.05, 0) is 12.5 Å². The van der Waals surface area contributed by atoms with Crippen LogP contribution in [0.25, 0.3) is 0 Å². The molecule has 0 bridgehead atoms. The summed E-state index contributed by atoms with van der Waals surface area (Å²) in [5.41, 5.74) is 7.29. The van der Waals surface area contributed by atoms with Crippen molar-refractivity contribution in [1.82, 2.24) is 24.4 Å². The number of hydrogen-bond acceptors (Lipinski definition) is 5. The zero-order valence-electron chi connectivity index (χ0n) is 11.6. The van der Waals surface area contributed by atoms with E-state index in [0.717, 1.165) is 24.4 Å². The van der Waals surface area contributed by atoms with Crippen LogP contribution in [0.5, 0.6) is 0 Å². The molecule has 1 aliphatic rings. The standard InChI is InChI=1S/C13H17N7O/c14-12(21)19-5-2-6-20-9-18-10(11(20)8-19)7-17-13-15-3-1-4-16-13/h1,3-4,9H,2,5-8H2,(H2,14,21)(H,15,16,17). The van der Waals surface area contributed by atoms with Gasteiger partial charge in [0.2, 0.25) is 5.95 Å². The third-order valence-corrected chi connectivity index (χ3v) is 3.49. The van der Waals surface area contributed by atoms with Gasteiger partial charge in [-0.15, -0.1) is 0 Å². The van der Waals surface area contributed by atoms with E-state index in [4.69, 9.17) is 5.73 Å². The van der Waals surface area contributed by atoms with E-state index in [2.05, 4.69) is 24.8 Å². The molecule has 3 heterocycles. The summed E-state index contributed by atoms with van der Waals surface area (Å²) in [5, 5.41) is 3.13. The molecule has 0 radical (unpaired) electrons. The summed E-state index contributed by atoms with van der Waals surface area (Å²) in [6.45, 7) is 2.51. The van der Waals surface area contributed by atoms with Crippen molar-refractivity contribution in [3.63, 3.8) is 0 Å². The highest BCUT2D eigenvalue weighted by Gasteiger charge is 2.20. The summed E-state index contributed by atoms with van der Waals surface area (Å²) in [5.74, 6) is 0.555. The maximum Gasteiger partial charge on any atom is 0.315 e. The van der Waals surface area contributed by atoms with Crippen LogP contribution < -0.4 is 11.1 Å². The minimum Gasteiger partial charge on any atom is -0.351 e. The van der Waals surface area contributed by atoms with Crippen molar-refractivity contribution in [3.05, 3.63) is 36.2 Å². The monoisotopic (exact) mass is 287 g/mol. The van der Waals surface area contributed by atoms with Gasteiger partial charge in [0.1, 0.15) is 0 Å². The summed E-state index contributed by atoms with van der Waals surface area (Å²) in [6, 6.07) is 1.37. The van der Waals surface area contributed by atoms with E-state index in [9.17, 15) is 4.79 Å². The van der Waals surface area contributed by atoms with Gasteiger partial charge in [0, 0.05) is 25.5 Å². The summed E-state index contributed by atoms with van der Waals surface area (Å²) < 4.78 is 2.08. The first-order valence-electron chi connectivity index (χ1n) is 6.82. The minimum atomic E-state index is -0.394. The Morgan fingerprint density at radius 3 is 2.86 bits per heavy atom. The lowest BCUT2D eigenvalue weighted by Gasteiger charge is -2.17. The Morgan fingerprint density at radius 1 is 1.29 bits per heavy atom. The topological polar surface area (TPSA) is 102 Å². The average molecular weight is 287 g/mol. The summed E-state index contributed by atoms with van der Waals surface area (Å²) in [4.78, 5) is 25.7. The number of hydrogen-bond donors (Lipinski definition) is 2. The van der Waals surface area contributed by atoms with Gasteiger partial charge >= 0.3 is 6.03 Å². The van der Waals surface area contributed by atoms with Crippen LogP contribution in [0, 0.1) is 0 Å².